The first kappa shape index (κ1) is 15.3. The van der Waals surface area contributed by atoms with Gasteiger partial charge in [0.15, 0.2) is 5.82 Å². The summed E-state index contributed by atoms with van der Waals surface area (Å²) in [6.45, 7) is 1.59. The predicted octanol–water partition coefficient (Wildman–Crippen LogP) is 2.74. The van der Waals surface area contributed by atoms with E-state index in [2.05, 4.69) is 15.4 Å². The van der Waals surface area contributed by atoms with Gasteiger partial charge in [-0.25, -0.2) is 9.67 Å². The number of hydrogen-bond donors (Lipinski definition) is 1. The molecule has 0 aliphatic carbocycles. The number of nitro benzene ring substituents is 1. The van der Waals surface area contributed by atoms with Gasteiger partial charge in [0, 0.05) is 35.8 Å². The van der Waals surface area contributed by atoms with Crippen molar-refractivity contribution in [3.05, 3.63) is 76.2 Å². The summed E-state index contributed by atoms with van der Waals surface area (Å²) in [6, 6.07) is 9.38. The standard InChI is InChI=1S/C16H13N5O3/c1-11-10-12(5-6-14(11)21(23)24)16(22)19-13-4-2-7-17-15(13)20-9-3-8-18-20/h2-10H,1H3,(H,19,22). The second-order valence-electron chi connectivity index (χ2n) is 5.04. The minimum atomic E-state index is -0.478. The minimum absolute atomic E-state index is 0.0230. The highest BCUT2D eigenvalue weighted by molar-refractivity contribution is 6.05. The Hall–Kier alpha value is -3.55. The molecule has 120 valence electrons. The molecule has 2 heterocycles. The van der Waals surface area contributed by atoms with E-state index in [1.807, 2.05) is 0 Å². The van der Waals surface area contributed by atoms with Crippen LogP contribution in [0, 0.1) is 17.0 Å². The van der Waals surface area contributed by atoms with Gasteiger partial charge >= 0.3 is 0 Å². The molecule has 0 unspecified atom stereocenters. The lowest BCUT2D eigenvalue weighted by Gasteiger charge is -2.10. The number of nitrogens with zero attached hydrogens (tertiary/aromatic N) is 4. The van der Waals surface area contributed by atoms with Gasteiger partial charge in [-0.05, 0) is 37.3 Å². The number of nitro groups is 1. The number of aryl methyl sites for hydroxylation is 1. The summed E-state index contributed by atoms with van der Waals surface area (Å²) in [7, 11) is 0. The van der Waals surface area contributed by atoms with Gasteiger partial charge in [0.05, 0.1) is 10.6 Å². The summed E-state index contributed by atoms with van der Waals surface area (Å²) >= 11 is 0. The first-order chi connectivity index (χ1) is 11.6. The van der Waals surface area contributed by atoms with Crippen LogP contribution < -0.4 is 5.32 Å². The molecule has 1 aromatic carbocycles. The van der Waals surface area contributed by atoms with Gasteiger partial charge in [-0.2, -0.15) is 5.10 Å². The quantitative estimate of drug-likeness (QED) is 0.587. The maximum atomic E-state index is 12.4. The highest BCUT2D eigenvalue weighted by Gasteiger charge is 2.15. The molecule has 2 aromatic heterocycles. The van der Waals surface area contributed by atoms with Gasteiger partial charge in [0.25, 0.3) is 11.6 Å². The van der Waals surface area contributed by atoms with Crippen molar-refractivity contribution in [2.75, 3.05) is 5.32 Å². The summed E-state index contributed by atoms with van der Waals surface area (Å²) in [5, 5.41) is 17.7. The normalized spacial score (nSPS) is 10.4. The maximum absolute atomic E-state index is 12.4. The lowest BCUT2D eigenvalue weighted by molar-refractivity contribution is -0.385. The molecular weight excluding hydrogens is 310 g/mol. The first-order valence-electron chi connectivity index (χ1n) is 7.07. The number of nitrogens with one attached hydrogen (secondary N) is 1. The molecule has 1 N–H and O–H groups in total. The second-order valence-corrected chi connectivity index (χ2v) is 5.04. The zero-order valence-electron chi connectivity index (χ0n) is 12.7. The molecule has 0 radical (unpaired) electrons. The van der Waals surface area contributed by atoms with Crippen LogP contribution in [0.3, 0.4) is 0 Å². The van der Waals surface area contributed by atoms with Gasteiger partial charge in [-0.3, -0.25) is 14.9 Å². The molecule has 8 nitrogen and oxygen atoms in total. The third-order valence-electron chi connectivity index (χ3n) is 3.41. The molecule has 0 saturated heterocycles. The topological polar surface area (TPSA) is 103 Å². The van der Waals surface area contributed by atoms with Crippen LogP contribution in [-0.2, 0) is 0 Å². The molecule has 8 heteroatoms. The van der Waals surface area contributed by atoms with E-state index in [1.54, 1.807) is 43.7 Å². The molecule has 0 atom stereocenters. The Labute approximate surface area is 136 Å². The highest BCUT2D eigenvalue weighted by atomic mass is 16.6. The molecule has 24 heavy (non-hydrogen) atoms. The van der Waals surface area contributed by atoms with Crippen LogP contribution in [0.4, 0.5) is 11.4 Å². The number of hydrogen-bond acceptors (Lipinski definition) is 5. The van der Waals surface area contributed by atoms with E-state index in [0.717, 1.165) is 0 Å². The predicted molar refractivity (Wildman–Crippen MR) is 87.1 cm³/mol. The average molecular weight is 323 g/mol. The average Bonchev–Trinajstić information content (AvgIpc) is 3.09. The van der Waals surface area contributed by atoms with Gasteiger partial charge in [0.2, 0.25) is 0 Å². The highest BCUT2D eigenvalue weighted by Crippen LogP contribution is 2.21. The second kappa shape index (κ2) is 6.29. The van der Waals surface area contributed by atoms with Gasteiger partial charge in [-0.15, -0.1) is 0 Å². The molecule has 3 aromatic rings. The van der Waals surface area contributed by atoms with E-state index in [4.69, 9.17) is 0 Å². The Morgan fingerprint density at radius 1 is 1.25 bits per heavy atom. The molecular formula is C16H13N5O3. The van der Waals surface area contributed by atoms with Crippen molar-refractivity contribution < 1.29 is 9.72 Å². The fourth-order valence-corrected chi connectivity index (χ4v) is 2.27. The van der Waals surface area contributed by atoms with E-state index in [1.165, 1.54) is 22.9 Å². The van der Waals surface area contributed by atoms with E-state index in [9.17, 15) is 14.9 Å². The van der Waals surface area contributed by atoms with Gasteiger partial charge in [-0.1, -0.05) is 0 Å². The molecule has 0 saturated carbocycles. The van der Waals surface area contributed by atoms with Crippen LogP contribution in [0.25, 0.3) is 5.82 Å². The number of carbonyl (C=O) groups excluding carboxylic acids is 1. The summed E-state index contributed by atoms with van der Waals surface area (Å²) < 4.78 is 1.54. The fourth-order valence-electron chi connectivity index (χ4n) is 2.27. The number of anilines is 1. The molecule has 0 spiro atoms. The van der Waals surface area contributed by atoms with Gasteiger partial charge in [0.1, 0.15) is 0 Å². The number of aromatic nitrogens is 3. The SMILES string of the molecule is Cc1cc(C(=O)Nc2cccnc2-n2cccn2)ccc1[N+](=O)[O-]. The number of amides is 1. The van der Waals surface area contributed by atoms with Crippen molar-refractivity contribution in [1.82, 2.24) is 14.8 Å². The number of benzene rings is 1. The van der Waals surface area contributed by atoms with Crippen molar-refractivity contribution >= 4 is 17.3 Å². The Bertz CT molecular complexity index is 906. The Morgan fingerprint density at radius 2 is 2.08 bits per heavy atom. The van der Waals surface area contributed by atoms with Crippen molar-refractivity contribution in [3.63, 3.8) is 0 Å². The van der Waals surface area contributed by atoms with Gasteiger partial charge < -0.3 is 5.32 Å². The van der Waals surface area contributed by atoms with Crippen LogP contribution >= 0.6 is 0 Å². The summed E-state index contributed by atoms with van der Waals surface area (Å²) in [5.74, 6) is 0.101. The first-order valence-corrected chi connectivity index (χ1v) is 7.07. The van der Waals surface area contributed by atoms with Crippen LogP contribution in [0.5, 0.6) is 0 Å². The molecule has 1 amide bonds. The van der Waals surface area contributed by atoms with Crippen LogP contribution in [0.15, 0.2) is 55.0 Å². The van der Waals surface area contributed by atoms with E-state index >= 15 is 0 Å². The van der Waals surface area contributed by atoms with Crippen molar-refractivity contribution in [2.24, 2.45) is 0 Å². The third kappa shape index (κ3) is 2.98. The fraction of sp³-hybridized carbons (Fsp3) is 0.0625. The smallest absolute Gasteiger partial charge is 0.272 e. The largest absolute Gasteiger partial charge is 0.319 e. The van der Waals surface area contributed by atoms with Crippen molar-refractivity contribution in [2.45, 2.75) is 6.92 Å². The third-order valence-corrected chi connectivity index (χ3v) is 3.41. The summed E-state index contributed by atoms with van der Waals surface area (Å²) in [5.41, 5.74) is 1.21. The number of rotatable bonds is 4. The number of carbonyl (C=O) groups is 1. The Kier molecular flexibility index (Phi) is 4.02. The van der Waals surface area contributed by atoms with E-state index in [-0.39, 0.29) is 11.6 Å². The zero-order chi connectivity index (χ0) is 17.1. The number of pyridine rings is 1. The monoisotopic (exact) mass is 323 g/mol. The summed E-state index contributed by atoms with van der Waals surface area (Å²) in [6.07, 6.45) is 4.93. The Morgan fingerprint density at radius 3 is 2.75 bits per heavy atom. The minimum Gasteiger partial charge on any atom is -0.319 e. The van der Waals surface area contributed by atoms with Crippen molar-refractivity contribution in [3.8, 4) is 5.82 Å². The summed E-state index contributed by atoms with van der Waals surface area (Å²) in [4.78, 5) is 27.0. The molecule has 0 fully saturated rings. The van der Waals surface area contributed by atoms with E-state index < -0.39 is 4.92 Å². The van der Waals surface area contributed by atoms with Crippen LogP contribution in [0.2, 0.25) is 0 Å². The lowest BCUT2D eigenvalue weighted by Crippen LogP contribution is -2.15. The molecule has 0 aliphatic rings. The Balaban J connectivity index is 1.89. The van der Waals surface area contributed by atoms with Crippen LogP contribution in [-0.4, -0.2) is 25.6 Å². The van der Waals surface area contributed by atoms with E-state index in [0.29, 0.717) is 22.6 Å². The maximum Gasteiger partial charge on any atom is 0.272 e. The molecule has 3 rings (SSSR count). The van der Waals surface area contributed by atoms with Crippen molar-refractivity contribution in [1.29, 1.82) is 0 Å². The van der Waals surface area contributed by atoms with Crippen LogP contribution in [0.1, 0.15) is 15.9 Å². The molecule has 0 aliphatic heterocycles. The lowest BCUT2D eigenvalue weighted by atomic mass is 10.1. The molecule has 0 bridgehead atoms. The zero-order valence-corrected chi connectivity index (χ0v) is 12.7.